The minimum absolute atomic E-state index is 0.0206. The molecule has 0 aliphatic carbocycles. The number of nitro groups is 1. The Kier molecular flexibility index (Phi) is 27.5. The van der Waals surface area contributed by atoms with Crippen LogP contribution in [0.25, 0.3) is 0 Å². The van der Waals surface area contributed by atoms with Crippen molar-refractivity contribution in [1.82, 2.24) is 35.1 Å². The lowest BCUT2D eigenvalue weighted by Crippen LogP contribution is -2.61. The number of nitro benzene ring substituents is 1. The molecule has 2 aromatic rings. The maximum absolute atomic E-state index is 14.5. The highest BCUT2D eigenvalue weighted by atomic mass is 19.1. The Morgan fingerprint density at radius 2 is 1.45 bits per heavy atom. The first-order chi connectivity index (χ1) is 40.8. The Morgan fingerprint density at radius 1 is 0.828 bits per heavy atom. The van der Waals surface area contributed by atoms with Crippen molar-refractivity contribution in [3.8, 4) is 5.75 Å². The van der Waals surface area contributed by atoms with Gasteiger partial charge in [-0.25, -0.2) is 18.8 Å². The van der Waals surface area contributed by atoms with Crippen LogP contribution in [0.1, 0.15) is 98.3 Å². The second-order valence-electron chi connectivity index (χ2n) is 23.4. The maximum atomic E-state index is 14.5. The molecule has 4 rings (SSSR count). The van der Waals surface area contributed by atoms with Gasteiger partial charge in [0.1, 0.15) is 42.9 Å². The predicted octanol–water partition coefficient (Wildman–Crippen LogP) is 3.54. The molecule has 2 fully saturated rings. The number of halogens is 1. The summed E-state index contributed by atoms with van der Waals surface area (Å²) in [6.07, 6.45) is -12.8. The monoisotopic (exact) mass is 1230 g/mol. The average Bonchev–Trinajstić information content (AvgIpc) is 2.26. The summed E-state index contributed by atoms with van der Waals surface area (Å²) in [6, 6.07) is 5.14. The van der Waals surface area contributed by atoms with Gasteiger partial charge in [0.05, 0.1) is 53.6 Å². The van der Waals surface area contributed by atoms with Crippen LogP contribution in [0.3, 0.4) is 0 Å². The van der Waals surface area contributed by atoms with E-state index in [1.165, 1.54) is 58.6 Å². The molecule has 0 spiro atoms. The summed E-state index contributed by atoms with van der Waals surface area (Å²) in [4.78, 5) is 114. The molecule has 15 atom stereocenters. The summed E-state index contributed by atoms with van der Waals surface area (Å²) >= 11 is 0. The van der Waals surface area contributed by atoms with Crippen molar-refractivity contribution < 1.29 is 91.7 Å². The molecule has 2 aromatic carbocycles. The summed E-state index contributed by atoms with van der Waals surface area (Å²) in [5.74, 6) is -5.37. The number of benzene rings is 2. The molecule has 2 aliphatic rings. The second kappa shape index (κ2) is 33.0. The van der Waals surface area contributed by atoms with Crippen LogP contribution < -0.4 is 15.4 Å². The van der Waals surface area contributed by atoms with Gasteiger partial charge in [-0.1, -0.05) is 73.1 Å². The molecular weight excluding hydrogens is 1140 g/mol. The zero-order chi connectivity index (χ0) is 65.5. The molecule has 6 amide bonds. The largest absolute Gasteiger partial charge is 0.479 e. The van der Waals surface area contributed by atoms with Gasteiger partial charge in [0.2, 0.25) is 29.9 Å². The lowest BCUT2D eigenvalue weighted by Gasteiger charge is -2.41. The maximum Gasteiger partial charge on any atom is 0.410 e. The number of amides is 6. The number of hydrogen-bond acceptors (Lipinski definition) is 19. The standard InChI is InChI=1S/C59H91FN8O19/c1-16-33(6)46(66(13)55(75)44(31(2)3)62-54(74)45(32(4)5)63(9)10)42(82-14)29-43(69)67-25-17-18-39(67)50(83-15)34(7)53(73)61-35(8)51(37-20-22-38(60)23-21-37)87-59(79)65(12)27-26-64(11)58(78)84-30-36-19-24-41(40(28-36)68(80)81)85-57-49(72)47(70)48(71)52(86-57)56(76)77/h19-24,28,31-35,39,42,44-52,57,70-72H,16-18,25-27,29-30H2,1-15H3,(H,61,73)(H,62,74)(H,76,77)/t33-,34+,35+,39-,42+,44-,45-,46-,47-,48-,49+,50+,51+,52-,57+/m0/s1. The average molecular weight is 1240 g/mol. The molecule has 0 saturated carbocycles. The number of nitrogens with one attached hydrogen (secondary N) is 2. The lowest BCUT2D eigenvalue weighted by atomic mass is 9.89. The molecule has 28 heteroatoms. The molecule has 2 heterocycles. The number of likely N-dealkylation sites (tertiary alicyclic amines) is 1. The molecule has 2 saturated heterocycles. The number of methoxy groups -OCH3 is 2. The molecule has 6 N–H and O–H groups in total. The van der Waals surface area contributed by atoms with Gasteiger partial charge in [-0.05, 0) is 80.9 Å². The molecule has 0 unspecified atom stereocenters. The fourth-order valence-corrected chi connectivity index (χ4v) is 11.1. The van der Waals surface area contributed by atoms with Crippen LogP contribution in [0, 0.1) is 39.6 Å². The fraction of sp³-hybridized carbons (Fsp3) is 0.678. The van der Waals surface area contributed by atoms with Gasteiger partial charge in [-0.3, -0.25) is 34.2 Å². The van der Waals surface area contributed by atoms with E-state index in [0.717, 1.165) is 21.9 Å². The number of nitrogens with zero attached hydrogens (tertiary/aromatic N) is 6. The highest BCUT2D eigenvalue weighted by molar-refractivity contribution is 5.90. The summed E-state index contributed by atoms with van der Waals surface area (Å²) < 4.78 is 48.1. The number of carbonyl (C=O) groups excluding carboxylic acids is 6. The number of carbonyl (C=O) groups is 7. The Balaban J connectivity index is 1.41. The normalized spacial score (nSPS) is 21.7. The van der Waals surface area contributed by atoms with Crippen molar-refractivity contribution in [1.29, 1.82) is 0 Å². The number of aliphatic carboxylic acids is 1. The summed E-state index contributed by atoms with van der Waals surface area (Å²) in [5.41, 5.74) is -0.257. The quantitative estimate of drug-likeness (QED) is 0.0481. The zero-order valence-electron chi connectivity index (χ0n) is 52.5. The molecule has 488 valence electrons. The lowest BCUT2D eigenvalue weighted by molar-refractivity contribution is -0.387. The summed E-state index contributed by atoms with van der Waals surface area (Å²) in [6.45, 7) is 14.5. The van der Waals surface area contributed by atoms with Crippen LogP contribution >= 0.6 is 0 Å². The van der Waals surface area contributed by atoms with E-state index in [-0.39, 0.29) is 60.5 Å². The Hall–Kier alpha value is -6.82. The van der Waals surface area contributed by atoms with Gasteiger partial charge >= 0.3 is 23.8 Å². The van der Waals surface area contributed by atoms with Gasteiger partial charge in [0.25, 0.3) is 0 Å². The van der Waals surface area contributed by atoms with Crippen LogP contribution in [0.15, 0.2) is 42.5 Å². The second-order valence-corrected chi connectivity index (χ2v) is 23.4. The van der Waals surface area contributed by atoms with Gasteiger partial charge < -0.3 is 79.1 Å². The zero-order valence-corrected chi connectivity index (χ0v) is 52.5. The highest BCUT2D eigenvalue weighted by Gasteiger charge is 2.49. The van der Waals surface area contributed by atoms with E-state index in [1.807, 2.05) is 60.5 Å². The third-order valence-electron chi connectivity index (χ3n) is 16.2. The molecule has 2 aliphatic heterocycles. The van der Waals surface area contributed by atoms with Crippen molar-refractivity contribution in [2.45, 2.75) is 167 Å². The van der Waals surface area contributed by atoms with E-state index >= 15 is 0 Å². The van der Waals surface area contributed by atoms with Crippen molar-refractivity contribution in [2.24, 2.45) is 23.7 Å². The van der Waals surface area contributed by atoms with E-state index in [1.54, 1.807) is 30.7 Å². The molecule has 27 nitrogen and oxygen atoms in total. The number of rotatable bonds is 30. The topological polar surface area (TPSA) is 339 Å². The summed E-state index contributed by atoms with van der Waals surface area (Å²) in [5, 5.41) is 57.7. The Labute approximate surface area is 507 Å². The SMILES string of the molecule is CC[C@H](C)[C@@H]([C@@H](CC(=O)N1CCC[C@H]1[C@H](OC)[C@@H](C)C(=O)N[C@H](C)[C@@H](OC(=O)N(C)CCN(C)C(=O)OCc1ccc(O[C@@H]2O[C@H](C(=O)O)[C@@H](O)[C@H](O)[C@H]2O)c([N+](=O)[O-])c1)c1ccc(F)cc1)OC)N(C)C(=O)[C@@H](NC(=O)[C@H](C(C)C)N(C)C)C(C)C. The highest BCUT2D eigenvalue weighted by Crippen LogP contribution is 2.34. The number of carboxylic acids is 1. The van der Waals surface area contributed by atoms with Crippen LogP contribution in [0.4, 0.5) is 19.7 Å². The van der Waals surface area contributed by atoms with Crippen molar-refractivity contribution in [3.05, 3.63) is 69.5 Å². The van der Waals surface area contributed by atoms with Crippen LogP contribution in [-0.4, -0.2) is 234 Å². The van der Waals surface area contributed by atoms with Crippen molar-refractivity contribution >= 4 is 47.5 Å². The number of aliphatic hydroxyl groups is 3. The first-order valence-corrected chi connectivity index (χ1v) is 29.1. The Morgan fingerprint density at radius 3 is 1.99 bits per heavy atom. The van der Waals surface area contributed by atoms with E-state index in [2.05, 4.69) is 10.6 Å². The summed E-state index contributed by atoms with van der Waals surface area (Å²) in [7, 11) is 11.0. The first kappa shape index (κ1) is 72.7. The van der Waals surface area contributed by atoms with Gasteiger partial charge in [0, 0.05) is 61.1 Å². The molecule has 0 radical (unpaired) electrons. The van der Waals surface area contributed by atoms with Crippen LogP contribution in [0.5, 0.6) is 5.75 Å². The third-order valence-corrected chi connectivity index (χ3v) is 16.2. The molecule has 0 aromatic heterocycles. The van der Waals surface area contributed by atoms with Crippen molar-refractivity contribution in [3.63, 3.8) is 0 Å². The van der Waals surface area contributed by atoms with E-state index in [9.17, 15) is 68.5 Å². The molecule has 87 heavy (non-hydrogen) atoms. The van der Waals surface area contributed by atoms with E-state index < -0.39 is 138 Å². The number of hydrogen-bond donors (Lipinski definition) is 6. The van der Waals surface area contributed by atoms with E-state index in [4.69, 9.17) is 28.4 Å². The van der Waals surface area contributed by atoms with Crippen LogP contribution in [-0.2, 0) is 54.3 Å². The smallest absolute Gasteiger partial charge is 0.410 e. The van der Waals surface area contributed by atoms with Crippen molar-refractivity contribution in [2.75, 3.05) is 69.1 Å². The minimum Gasteiger partial charge on any atom is -0.479 e. The van der Waals surface area contributed by atoms with E-state index in [0.29, 0.717) is 31.4 Å². The first-order valence-electron chi connectivity index (χ1n) is 29.1. The number of likely N-dealkylation sites (N-methyl/N-ethyl adjacent to an activating group) is 4. The van der Waals surface area contributed by atoms with Gasteiger partial charge in [0.15, 0.2) is 11.9 Å². The number of ether oxygens (including phenoxy) is 6. The third kappa shape index (κ3) is 18.9. The number of aliphatic hydroxyl groups excluding tert-OH is 3. The Bertz CT molecular complexity index is 2650. The van der Waals surface area contributed by atoms with Gasteiger partial charge in [-0.15, -0.1) is 0 Å². The van der Waals surface area contributed by atoms with Gasteiger partial charge in [-0.2, -0.15) is 0 Å². The molecular formula is C59H91FN8O19. The predicted molar refractivity (Wildman–Crippen MR) is 312 cm³/mol. The van der Waals surface area contributed by atoms with Crippen LogP contribution in [0.2, 0.25) is 0 Å². The fourth-order valence-electron chi connectivity index (χ4n) is 11.1. The molecule has 0 bridgehead atoms. The minimum atomic E-state index is -2.03. The number of carboxylic acid groups (broad SMARTS) is 1.